The first kappa shape index (κ1) is 15.4. The highest BCUT2D eigenvalue weighted by atomic mass is 16.4. The lowest BCUT2D eigenvalue weighted by atomic mass is 10.1. The number of hydrogen-bond acceptors (Lipinski definition) is 5. The number of nitrogens with zero attached hydrogens (tertiary/aromatic N) is 1. The molecular weight excluding hydrogens is 312 g/mol. The van der Waals surface area contributed by atoms with Crippen LogP contribution in [0.25, 0.3) is 0 Å². The first-order valence-corrected chi connectivity index (χ1v) is 7.01. The van der Waals surface area contributed by atoms with Gasteiger partial charge in [-0.3, -0.25) is 14.4 Å². The monoisotopic (exact) mass is 323 g/mol. The van der Waals surface area contributed by atoms with Crippen LogP contribution in [0, 0.1) is 0 Å². The summed E-state index contributed by atoms with van der Waals surface area (Å²) in [4.78, 5) is 48.4. The number of carboxylic acids is 1. The molecule has 0 saturated carbocycles. The van der Waals surface area contributed by atoms with Gasteiger partial charge in [0.1, 0.15) is 0 Å². The number of carbonyl (C=O) groups is 4. The molecule has 0 unspecified atom stereocenters. The third-order valence-electron chi connectivity index (χ3n) is 3.57. The van der Waals surface area contributed by atoms with Crippen LogP contribution >= 0.6 is 0 Å². The lowest BCUT2D eigenvalue weighted by Crippen LogP contribution is -2.30. The van der Waals surface area contributed by atoms with Crippen molar-refractivity contribution in [3.63, 3.8) is 0 Å². The number of hydrogen-bond donors (Lipinski definition) is 1. The second-order valence-corrected chi connectivity index (χ2v) is 5.19. The van der Waals surface area contributed by atoms with E-state index in [4.69, 9.17) is 0 Å². The SMILES string of the molecule is CC(=O)Nc1cccc2c1C(=O)N(c1cccc(C(=O)[O-])c1)C2=O. The standard InChI is InChI=1S/C17H12N2O5/c1-9(20)18-13-7-3-6-12-14(13)16(22)19(15(12)21)11-5-2-4-10(8-11)17(23)24/h2-8H,1H3,(H,18,20)(H,23,24)/p-1. The molecule has 2 aromatic rings. The second-order valence-electron chi connectivity index (χ2n) is 5.19. The topological polar surface area (TPSA) is 107 Å². The van der Waals surface area contributed by atoms with E-state index < -0.39 is 17.8 Å². The van der Waals surface area contributed by atoms with Crippen molar-refractivity contribution in [1.29, 1.82) is 0 Å². The number of aromatic carboxylic acids is 1. The molecule has 3 amide bonds. The molecule has 0 radical (unpaired) electrons. The molecule has 120 valence electrons. The van der Waals surface area contributed by atoms with Crippen LogP contribution in [0.15, 0.2) is 42.5 Å². The molecule has 0 saturated heterocycles. The Hall–Kier alpha value is -3.48. The quantitative estimate of drug-likeness (QED) is 0.841. The van der Waals surface area contributed by atoms with Crippen molar-refractivity contribution < 1.29 is 24.3 Å². The third kappa shape index (κ3) is 2.41. The zero-order chi connectivity index (χ0) is 17.4. The molecule has 7 heteroatoms. The average Bonchev–Trinajstić information content (AvgIpc) is 2.79. The molecule has 0 atom stereocenters. The Morgan fingerprint density at radius 2 is 1.75 bits per heavy atom. The van der Waals surface area contributed by atoms with E-state index in [1.165, 1.54) is 43.3 Å². The first-order valence-electron chi connectivity index (χ1n) is 7.01. The van der Waals surface area contributed by atoms with Gasteiger partial charge in [0, 0.05) is 6.92 Å². The van der Waals surface area contributed by atoms with E-state index in [-0.39, 0.29) is 34.0 Å². The summed E-state index contributed by atoms with van der Waals surface area (Å²) in [5.74, 6) is -3.00. The van der Waals surface area contributed by atoms with Gasteiger partial charge in [0.25, 0.3) is 11.8 Å². The Kier molecular flexibility index (Phi) is 3.61. The summed E-state index contributed by atoms with van der Waals surface area (Å²) in [5, 5.41) is 13.5. The van der Waals surface area contributed by atoms with Gasteiger partial charge in [-0.1, -0.05) is 18.2 Å². The van der Waals surface area contributed by atoms with Crippen LogP contribution < -0.4 is 15.3 Å². The molecule has 1 N–H and O–H groups in total. The number of carboxylic acid groups (broad SMARTS) is 1. The van der Waals surface area contributed by atoms with Crippen LogP contribution in [-0.4, -0.2) is 23.7 Å². The zero-order valence-electron chi connectivity index (χ0n) is 12.5. The van der Waals surface area contributed by atoms with Crippen molar-refractivity contribution in [2.24, 2.45) is 0 Å². The maximum absolute atomic E-state index is 12.7. The number of benzene rings is 2. The van der Waals surface area contributed by atoms with Crippen LogP contribution in [0.5, 0.6) is 0 Å². The number of nitrogens with one attached hydrogen (secondary N) is 1. The van der Waals surface area contributed by atoms with E-state index in [1.54, 1.807) is 6.07 Å². The third-order valence-corrected chi connectivity index (χ3v) is 3.57. The highest BCUT2D eigenvalue weighted by Gasteiger charge is 2.38. The maximum atomic E-state index is 12.7. The van der Waals surface area contributed by atoms with E-state index in [9.17, 15) is 24.3 Å². The summed E-state index contributed by atoms with van der Waals surface area (Å²) in [6, 6.07) is 9.91. The van der Waals surface area contributed by atoms with Crippen LogP contribution in [0.2, 0.25) is 0 Å². The summed E-state index contributed by atoms with van der Waals surface area (Å²) in [6.45, 7) is 1.29. The van der Waals surface area contributed by atoms with Crippen LogP contribution in [0.3, 0.4) is 0 Å². The predicted octanol–water partition coefficient (Wildman–Crippen LogP) is 0.809. The van der Waals surface area contributed by atoms with Gasteiger partial charge in [-0.05, 0) is 29.8 Å². The van der Waals surface area contributed by atoms with Gasteiger partial charge in [-0.25, -0.2) is 4.90 Å². The molecule has 7 nitrogen and oxygen atoms in total. The minimum absolute atomic E-state index is 0.0801. The van der Waals surface area contributed by atoms with Crippen molar-refractivity contribution >= 4 is 35.1 Å². The van der Waals surface area contributed by atoms with Crippen molar-refractivity contribution in [1.82, 2.24) is 0 Å². The molecular formula is C17H11N2O5-. The molecule has 24 heavy (non-hydrogen) atoms. The normalized spacial score (nSPS) is 13.0. The highest BCUT2D eigenvalue weighted by molar-refractivity contribution is 6.36. The molecule has 0 aromatic heterocycles. The smallest absolute Gasteiger partial charge is 0.268 e. The molecule has 0 spiro atoms. The predicted molar refractivity (Wildman–Crippen MR) is 82.7 cm³/mol. The van der Waals surface area contributed by atoms with Gasteiger partial charge in [0.2, 0.25) is 5.91 Å². The van der Waals surface area contributed by atoms with Crippen molar-refractivity contribution in [2.45, 2.75) is 6.92 Å². The number of rotatable bonds is 3. The fourth-order valence-electron chi connectivity index (χ4n) is 2.59. The fraction of sp³-hybridized carbons (Fsp3) is 0.0588. The Morgan fingerprint density at radius 3 is 2.42 bits per heavy atom. The minimum atomic E-state index is -1.41. The molecule has 0 bridgehead atoms. The van der Waals surface area contributed by atoms with Gasteiger partial charge < -0.3 is 15.2 Å². The summed E-state index contributed by atoms with van der Waals surface area (Å²) in [6.07, 6.45) is 0. The average molecular weight is 323 g/mol. The largest absolute Gasteiger partial charge is 0.545 e. The first-order chi connectivity index (χ1) is 11.4. The maximum Gasteiger partial charge on any atom is 0.268 e. The van der Waals surface area contributed by atoms with E-state index in [2.05, 4.69) is 5.32 Å². The number of carbonyl (C=O) groups excluding carboxylic acids is 4. The fourth-order valence-corrected chi connectivity index (χ4v) is 2.59. The van der Waals surface area contributed by atoms with Gasteiger partial charge >= 0.3 is 0 Å². The lowest BCUT2D eigenvalue weighted by molar-refractivity contribution is -0.255. The van der Waals surface area contributed by atoms with Crippen LogP contribution in [0.4, 0.5) is 11.4 Å². The van der Waals surface area contributed by atoms with Crippen molar-refractivity contribution in [3.8, 4) is 0 Å². The summed E-state index contributed by atoms with van der Waals surface area (Å²) in [5.41, 5.74) is 0.432. The van der Waals surface area contributed by atoms with Crippen LogP contribution in [0.1, 0.15) is 38.0 Å². The molecule has 0 fully saturated rings. The summed E-state index contributed by atoms with van der Waals surface area (Å²) >= 11 is 0. The Morgan fingerprint density at radius 1 is 1.04 bits per heavy atom. The Balaban J connectivity index is 2.09. The number of imide groups is 1. The molecule has 1 aliphatic heterocycles. The minimum Gasteiger partial charge on any atom is -0.545 e. The summed E-state index contributed by atoms with van der Waals surface area (Å²) in [7, 11) is 0. The van der Waals surface area contributed by atoms with Gasteiger partial charge in [0.05, 0.1) is 28.5 Å². The van der Waals surface area contributed by atoms with E-state index in [1.807, 2.05) is 0 Å². The van der Waals surface area contributed by atoms with Crippen molar-refractivity contribution in [3.05, 3.63) is 59.2 Å². The Bertz CT molecular complexity index is 904. The van der Waals surface area contributed by atoms with E-state index >= 15 is 0 Å². The van der Waals surface area contributed by atoms with Crippen molar-refractivity contribution in [2.75, 3.05) is 10.2 Å². The number of amides is 3. The Labute approximate surface area is 136 Å². The molecule has 1 heterocycles. The van der Waals surface area contributed by atoms with Gasteiger partial charge in [0.15, 0.2) is 0 Å². The number of anilines is 2. The lowest BCUT2D eigenvalue weighted by Gasteiger charge is -2.15. The van der Waals surface area contributed by atoms with Gasteiger partial charge in [-0.2, -0.15) is 0 Å². The zero-order valence-corrected chi connectivity index (χ0v) is 12.5. The van der Waals surface area contributed by atoms with Gasteiger partial charge in [-0.15, -0.1) is 0 Å². The molecule has 0 aliphatic carbocycles. The molecule has 2 aromatic carbocycles. The molecule has 3 rings (SSSR count). The highest BCUT2D eigenvalue weighted by Crippen LogP contribution is 2.33. The molecule has 1 aliphatic rings. The van der Waals surface area contributed by atoms with E-state index in [0.717, 1.165) is 4.90 Å². The van der Waals surface area contributed by atoms with E-state index in [0.29, 0.717) is 0 Å². The van der Waals surface area contributed by atoms with Crippen LogP contribution in [-0.2, 0) is 4.79 Å². The number of fused-ring (bicyclic) bond motifs is 1. The summed E-state index contributed by atoms with van der Waals surface area (Å²) < 4.78 is 0. The second kappa shape index (κ2) is 5.62.